The second-order valence-electron chi connectivity index (χ2n) is 2.16. The van der Waals surface area contributed by atoms with Crippen LogP contribution in [0.2, 0.25) is 5.02 Å². The molecular weight excluding hydrogens is 209 g/mol. The highest BCUT2D eigenvalue weighted by Gasteiger charge is 2.30. The van der Waals surface area contributed by atoms with E-state index >= 15 is 0 Å². The number of benzene rings is 1. The fourth-order valence-corrected chi connectivity index (χ4v) is 0.864. The van der Waals surface area contributed by atoms with Gasteiger partial charge in [-0.1, -0.05) is 11.6 Å². The first-order valence-electron chi connectivity index (χ1n) is 2.97. The summed E-state index contributed by atoms with van der Waals surface area (Å²) >= 11 is 5.27. The molecular formula is C7H6ClF3O2. The van der Waals surface area contributed by atoms with Gasteiger partial charge in [-0.3, -0.25) is 0 Å². The first-order chi connectivity index (χ1) is 5.41. The summed E-state index contributed by atoms with van der Waals surface area (Å²) in [6.07, 6.45) is -4.42. The lowest BCUT2D eigenvalue weighted by Crippen LogP contribution is -2.03. The summed E-state index contributed by atoms with van der Waals surface area (Å²) < 4.78 is 35.9. The predicted octanol–water partition coefficient (Wildman–Crippen LogP) is 2.24. The molecule has 1 aromatic rings. The molecule has 0 aromatic heterocycles. The van der Waals surface area contributed by atoms with Gasteiger partial charge in [0.2, 0.25) is 0 Å². The lowest BCUT2D eigenvalue weighted by Gasteiger charge is -2.06. The van der Waals surface area contributed by atoms with Crippen LogP contribution in [0, 0.1) is 0 Å². The summed E-state index contributed by atoms with van der Waals surface area (Å²) in [5, 5.41) is 8.51. The summed E-state index contributed by atoms with van der Waals surface area (Å²) in [4.78, 5) is 0. The molecule has 13 heavy (non-hydrogen) atoms. The van der Waals surface area contributed by atoms with E-state index in [1.807, 2.05) is 0 Å². The van der Waals surface area contributed by atoms with Gasteiger partial charge in [0, 0.05) is 0 Å². The third-order valence-corrected chi connectivity index (χ3v) is 1.58. The molecule has 0 saturated heterocycles. The van der Waals surface area contributed by atoms with Crippen molar-refractivity contribution < 1.29 is 23.8 Å². The number of alkyl halides is 3. The number of halogens is 4. The highest BCUT2D eigenvalue weighted by atomic mass is 35.5. The smallest absolute Gasteiger partial charge is 0.416 e. The molecule has 0 heterocycles. The average Bonchev–Trinajstić information content (AvgIpc) is 1.92. The van der Waals surface area contributed by atoms with E-state index in [1.165, 1.54) is 0 Å². The Labute approximate surface area is 76.9 Å². The minimum absolute atomic E-state index is 0. The van der Waals surface area contributed by atoms with Gasteiger partial charge in [-0.25, -0.2) is 0 Å². The topological polar surface area (TPSA) is 51.7 Å². The molecule has 0 fully saturated rings. The normalized spacial score (nSPS) is 10.8. The molecule has 0 unspecified atom stereocenters. The highest BCUT2D eigenvalue weighted by molar-refractivity contribution is 6.32. The Hall–Kier alpha value is -0.940. The molecule has 0 aliphatic heterocycles. The van der Waals surface area contributed by atoms with E-state index in [2.05, 4.69) is 0 Å². The second kappa shape index (κ2) is 3.85. The highest BCUT2D eigenvalue weighted by Crippen LogP contribution is 2.33. The average molecular weight is 215 g/mol. The minimum Gasteiger partial charge on any atom is -0.506 e. The number of hydrogen-bond donors (Lipinski definition) is 1. The maximum atomic E-state index is 12.0. The van der Waals surface area contributed by atoms with Crippen molar-refractivity contribution >= 4 is 11.6 Å². The molecule has 1 aromatic carbocycles. The maximum Gasteiger partial charge on any atom is 0.416 e. The molecule has 0 saturated carbocycles. The SMILES string of the molecule is O.Oc1ccc(C(F)(F)F)cc1Cl. The van der Waals surface area contributed by atoms with Crippen LogP contribution in [-0.2, 0) is 6.18 Å². The maximum absolute atomic E-state index is 12.0. The monoisotopic (exact) mass is 214 g/mol. The van der Waals surface area contributed by atoms with Crippen LogP contribution in [0.25, 0.3) is 0 Å². The van der Waals surface area contributed by atoms with Crippen LogP contribution < -0.4 is 0 Å². The van der Waals surface area contributed by atoms with Gasteiger partial charge >= 0.3 is 6.18 Å². The Morgan fingerprint density at radius 3 is 2.15 bits per heavy atom. The van der Waals surface area contributed by atoms with Gasteiger partial charge in [0.1, 0.15) is 5.75 Å². The molecule has 3 N–H and O–H groups in total. The van der Waals surface area contributed by atoms with Crippen molar-refractivity contribution in [1.82, 2.24) is 0 Å². The van der Waals surface area contributed by atoms with Crippen molar-refractivity contribution in [2.75, 3.05) is 0 Å². The number of rotatable bonds is 0. The molecule has 0 atom stereocenters. The van der Waals surface area contributed by atoms with Gasteiger partial charge < -0.3 is 10.6 Å². The van der Waals surface area contributed by atoms with Crippen molar-refractivity contribution in [2.45, 2.75) is 6.18 Å². The van der Waals surface area contributed by atoms with E-state index in [9.17, 15) is 13.2 Å². The summed E-state index contributed by atoms with van der Waals surface area (Å²) in [6, 6.07) is 2.35. The fraction of sp³-hybridized carbons (Fsp3) is 0.143. The van der Waals surface area contributed by atoms with Gasteiger partial charge in [-0.15, -0.1) is 0 Å². The van der Waals surface area contributed by atoms with Crippen molar-refractivity contribution in [3.8, 4) is 5.75 Å². The van der Waals surface area contributed by atoms with E-state index < -0.39 is 11.7 Å². The molecule has 2 nitrogen and oxygen atoms in total. The number of aromatic hydroxyl groups is 1. The number of phenolic OH excluding ortho intramolecular Hbond substituents is 1. The lowest BCUT2D eigenvalue weighted by atomic mass is 10.2. The molecule has 0 bridgehead atoms. The summed E-state index contributed by atoms with van der Waals surface area (Å²) in [6.45, 7) is 0. The molecule has 0 aliphatic carbocycles. The Bertz CT molecular complexity index is 298. The van der Waals surface area contributed by atoms with E-state index in [0.29, 0.717) is 6.07 Å². The Morgan fingerprint density at radius 2 is 1.77 bits per heavy atom. The second-order valence-corrected chi connectivity index (χ2v) is 2.57. The van der Waals surface area contributed by atoms with Crippen LogP contribution in [0.1, 0.15) is 5.56 Å². The van der Waals surface area contributed by atoms with E-state index in [4.69, 9.17) is 16.7 Å². The molecule has 0 spiro atoms. The van der Waals surface area contributed by atoms with Crippen LogP contribution in [0.3, 0.4) is 0 Å². The Morgan fingerprint density at radius 1 is 1.23 bits per heavy atom. The van der Waals surface area contributed by atoms with Crippen molar-refractivity contribution in [3.63, 3.8) is 0 Å². The van der Waals surface area contributed by atoms with Crippen LogP contribution >= 0.6 is 11.6 Å². The van der Waals surface area contributed by atoms with E-state index in [1.54, 1.807) is 0 Å². The van der Waals surface area contributed by atoms with E-state index in [-0.39, 0.29) is 16.2 Å². The molecule has 0 aliphatic rings. The third-order valence-electron chi connectivity index (χ3n) is 1.28. The molecule has 74 valence electrons. The Kier molecular flexibility index (Phi) is 3.57. The molecule has 6 heteroatoms. The Balaban J connectivity index is 0.00000144. The fourth-order valence-electron chi connectivity index (χ4n) is 0.683. The quantitative estimate of drug-likeness (QED) is 0.708. The van der Waals surface area contributed by atoms with Gasteiger partial charge in [0.25, 0.3) is 0 Å². The predicted molar refractivity (Wildman–Crippen MR) is 41.7 cm³/mol. The van der Waals surface area contributed by atoms with Crippen LogP contribution in [0.5, 0.6) is 5.75 Å². The zero-order valence-corrected chi connectivity index (χ0v) is 6.95. The van der Waals surface area contributed by atoms with Crippen LogP contribution in [-0.4, -0.2) is 10.6 Å². The van der Waals surface area contributed by atoms with Crippen molar-refractivity contribution in [1.29, 1.82) is 0 Å². The number of hydrogen-bond acceptors (Lipinski definition) is 1. The van der Waals surface area contributed by atoms with Gasteiger partial charge in [0.15, 0.2) is 0 Å². The van der Waals surface area contributed by atoms with Crippen molar-refractivity contribution in [2.24, 2.45) is 0 Å². The molecule has 0 radical (unpaired) electrons. The summed E-state index contributed by atoms with van der Waals surface area (Å²) in [5.41, 5.74) is -0.870. The standard InChI is InChI=1S/C7H4ClF3O.H2O/c8-5-3-4(7(9,10)11)1-2-6(5)12;/h1-3,12H;1H2. The van der Waals surface area contributed by atoms with Crippen LogP contribution in [0.15, 0.2) is 18.2 Å². The summed E-state index contributed by atoms with van der Waals surface area (Å²) in [7, 11) is 0. The molecule has 1 rings (SSSR count). The van der Waals surface area contributed by atoms with Gasteiger partial charge in [0.05, 0.1) is 10.6 Å². The largest absolute Gasteiger partial charge is 0.506 e. The van der Waals surface area contributed by atoms with Crippen LogP contribution in [0.4, 0.5) is 13.2 Å². The van der Waals surface area contributed by atoms with E-state index in [0.717, 1.165) is 12.1 Å². The first kappa shape index (κ1) is 12.1. The van der Waals surface area contributed by atoms with Gasteiger partial charge in [-0.2, -0.15) is 13.2 Å². The third kappa shape index (κ3) is 2.78. The minimum atomic E-state index is -4.42. The summed E-state index contributed by atoms with van der Waals surface area (Å²) in [5.74, 6) is -0.357. The van der Waals surface area contributed by atoms with Crippen molar-refractivity contribution in [3.05, 3.63) is 28.8 Å². The lowest BCUT2D eigenvalue weighted by molar-refractivity contribution is -0.137. The van der Waals surface area contributed by atoms with Gasteiger partial charge in [-0.05, 0) is 18.2 Å². The first-order valence-corrected chi connectivity index (χ1v) is 3.35. The zero-order chi connectivity index (χ0) is 9.35. The number of phenols is 1. The molecule has 0 amide bonds. The zero-order valence-electron chi connectivity index (χ0n) is 6.19.